The number of likely N-dealkylation sites (N-methyl/N-ethyl adjacent to an activating group) is 1. The van der Waals surface area contributed by atoms with Crippen LogP contribution in [-0.4, -0.2) is 153 Å². The summed E-state index contributed by atoms with van der Waals surface area (Å²) in [6.45, 7) is 17.8. The Hall–Kier alpha value is -1.86. The Bertz CT molecular complexity index is 1440. The van der Waals surface area contributed by atoms with Crippen LogP contribution in [-0.2, 0) is 38.8 Å². The Balaban J connectivity index is 1.82. The fourth-order valence-corrected chi connectivity index (χ4v) is 9.49. The highest BCUT2D eigenvalue weighted by molar-refractivity contribution is 5.73. The van der Waals surface area contributed by atoms with Crippen molar-refractivity contribution >= 4 is 5.97 Å². The van der Waals surface area contributed by atoms with Crippen LogP contribution in [0.4, 0.5) is 0 Å². The Morgan fingerprint density at radius 2 is 1.67 bits per heavy atom. The average Bonchev–Trinajstić information content (AvgIpc) is 3.15. The number of rotatable bonds is 8. The van der Waals surface area contributed by atoms with Crippen LogP contribution in [0.3, 0.4) is 0 Å². The molecule has 3 saturated heterocycles. The van der Waals surface area contributed by atoms with Gasteiger partial charge in [0.15, 0.2) is 12.6 Å². The number of cyclic esters (lactones) is 1. The fraction of sp³-hybridized carbons (Fsp3) is 0.857. The highest BCUT2D eigenvalue weighted by Crippen LogP contribution is 2.48. The average molecular weight is 812 g/mol. The number of aromatic nitrogens is 1. The van der Waals surface area contributed by atoms with E-state index in [1.165, 1.54) is 14.0 Å². The summed E-state index contributed by atoms with van der Waals surface area (Å²) < 4.78 is 38.4. The molecule has 0 spiro atoms. The first-order valence-electron chi connectivity index (χ1n) is 20.7. The van der Waals surface area contributed by atoms with Crippen LogP contribution in [0.25, 0.3) is 0 Å². The molecule has 4 heterocycles. The minimum absolute atomic E-state index is 0.0255. The smallest absolute Gasteiger partial charge is 0.311 e. The molecular formula is C42H73N3O12. The molecule has 0 aliphatic carbocycles. The molecule has 15 nitrogen and oxygen atoms in total. The summed E-state index contributed by atoms with van der Waals surface area (Å²) in [5.41, 5.74) is -5.82. The number of carbonyl (C=O) groups is 1. The molecule has 6 N–H and O–H groups in total. The molecule has 1 aromatic heterocycles. The molecule has 15 heteroatoms. The van der Waals surface area contributed by atoms with Crippen LogP contribution < -0.4 is 5.32 Å². The minimum Gasteiger partial charge on any atom is -0.459 e. The van der Waals surface area contributed by atoms with Gasteiger partial charge in [-0.1, -0.05) is 26.8 Å². The van der Waals surface area contributed by atoms with Gasteiger partial charge < -0.3 is 64.2 Å². The van der Waals surface area contributed by atoms with Gasteiger partial charge in [-0.25, -0.2) is 0 Å². The third-order valence-electron chi connectivity index (χ3n) is 13.1. The minimum atomic E-state index is -1.83. The van der Waals surface area contributed by atoms with Gasteiger partial charge in [0.25, 0.3) is 0 Å². The maximum Gasteiger partial charge on any atom is 0.311 e. The fourth-order valence-electron chi connectivity index (χ4n) is 9.49. The lowest BCUT2D eigenvalue weighted by atomic mass is 9.71. The van der Waals surface area contributed by atoms with E-state index in [0.29, 0.717) is 18.5 Å². The lowest BCUT2D eigenvalue weighted by Crippen LogP contribution is -2.64. The van der Waals surface area contributed by atoms with Crippen LogP contribution in [0.2, 0.25) is 0 Å². The van der Waals surface area contributed by atoms with Gasteiger partial charge >= 0.3 is 5.97 Å². The second kappa shape index (κ2) is 18.8. The number of hydrogen-bond donors (Lipinski definition) is 6. The summed E-state index contributed by atoms with van der Waals surface area (Å²) in [5, 5.41) is 62.8. The molecule has 0 saturated carbocycles. The van der Waals surface area contributed by atoms with Gasteiger partial charge in [0.2, 0.25) is 0 Å². The number of pyridine rings is 1. The van der Waals surface area contributed by atoms with Gasteiger partial charge in [-0.3, -0.25) is 9.78 Å². The molecule has 0 radical (unpaired) electrons. The van der Waals surface area contributed by atoms with Gasteiger partial charge in [-0.05, 0) is 100 Å². The standard InChI is InChI=1S/C42H73N3O12/c1-14-31-41(10,50)35(47)27(6)44-21-23(2)19-39(8,49)36(57-38-33(46)30(45(11)12)18-24(3)53-38)25(4)34(26(5)37(48)55-31)56-32-20-40(9,52-13)42(51,28(7)54-32)29-16-15-17-43-22-29/h15-17,22-28,30-36,38,44,46-47,49-51H,14,18-21H2,1-13H3/t23-,24-,25+,26-,27-,28+,30+,31?,32+,33-,34+,35-,36-,38+,39-,40-,41-,42+/m1/s1. The number of ether oxygens (including phenoxy) is 6. The maximum absolute atomic E-state index is 14.4. The summed E-state index contributed by atoms with van der Waals surface area (Å²) in [6, 6.07) is 2.58. The predicted octanol–water partition coefficient (Wildman–Crippen LogP) is 2.48. The van der Waals surface area contributed by atoms with E-state index >= 15 is 0 Å². The zero-order valence-corrected chi connectivity index (χ0v) is 36.4. The van der Waals surface area contributed by atoms with Gasteiger partial charge in [0, 0.05) is 49.5 Å². The van der Waals surface area contributed by atoms with E-state index < -0.39 is 95.5 Å². The van der Waals surface area contributed by atoms with Crippen molar-refractivity contribution < 1.29 is 58.7 Å². The van der Waals surface area contributed by atoms with E-state index in [1.807, 2.05) is 39.8 Å². The predicted molar refractivity (Wildman–Crippen MR) is 212 cm³/mol. The molecule has 4 rings (SSSR count). The van der Waals surface area contributed by atoms with Gasteiger partial charge in [-0.15, -0.1) is 0 Å². The van der Waals surface area contributed by atoms with E-state index in [0.717, 1.165) is 0 Å². The number of hydrogen-bond acceptors (Lipinski definition) is 15. The lowest BCUT2D eigenvalue weighted by molar-refractivity contribution is -0.341. The molecular weight excluding hydrogens is 738 g/mol. The first-order chi connectivity index (χ1) is 26.4. The van der Waals surface area contributed by atoms with Crippen molar-refractivity contribution in [2.24, 2.45) is 17.8 Å². The monoisotopic (exact) mass is 812 g/mol. The summed E-state index contributed by atoms with van der Waals surface area (Å²) in [5.74, 6) is -2.75. The summed E-state index contributed by atoms with van der Waals surface area (Å²) >= 11 is 0. The number of esters is 1. The Morgan fingerprint density at radius 1 is 1.00 bits per heavy atom. The van der Waals surface area contributed by atoms with E-state index in [1.54, 1.807) is 66.1 Å². The molecule has 1 unspecified atom stereocenters. The van der Waals surface area contributed by atoms with E-state index in [2.05, 4.69) is 10.3 Å². The Morgan fingerprint density at radius 3 is 2.25 bits per heavy atom. The zero-order chi connectivity index (χ0) is 42.8. The molecule has 3 fully saturated rings. The Kier molecular flexibility index (Phi) is 15.8. The summed E-state index contributed by atoms with van der Waals surface area (Å²) in [7, 11) is 5.26. The number of carbonyl (C=O) groups excluding carboxylic acids is 1. The van der Waals surface area contributed by atoms with E-state index in [-0.39, 0.29) is 37.3 Å². The summed E-state index contributed by atoms with van der Waals surface area (Å²) in [6.07, 6.45) is -4.79. The summed E-state index contributed by atoms with van der Waals surface area (Å²) in [4.78, 5) is 20.5. The van der Waals surface area contributed by atoms with Crippen LogP contribution in [0, 0.1) is 17.8 Å². The second-order valence-corrected chi connectivity index (χ2v) is 18.1. The van der Waals surface area contributed by atoms with Crippen LogP contribution in [0.1, 0.15) is 100 Å². The molecule has 328 valence electrons. The van der Waals surface area contributed by atoms with E-state index in [4.69, 9.17) is 28.4 Å². The van der Waals surface area contributed by atoms with Crippen LogP contribution in [0.5, 0.6) is 0 Å². The maximum atomic E-state index is 14.4. The van der Waals surface area contributed by atoms with Crippen molar-refractivity contribution in [3.63, 3.8) is 0 Å². The van der Waals surface area contributed by atoms with Crippen molar-refractivity contribution in [1.82, 2.24) is 15.2 Å². The normalized spacial score (nSPS) is 47.2. The SMILES string of the molecule is CCC1OC(=O)[C@H](C)[C@@H](O[C@H]2C[C@@](C)(OC)[C@@](O)(c3cccnc3)[C@H](C)O2)[C@H](C)[C@@H](O[C@@H]2O[C@H](C)C[C@H](N(C)C)[C@H]2O)[C@](C)(O)C[C@@H](C)CN[C@H](C)[C@@H](O)[C@]1(C)O. The number of methoxy groups -OCH3 is 1. The van der Waals surface area contributed by atoms with Gasteiger partial charge in [0.05, 0.1) is 35.9 Å². The molecule has 3 aliphatic heterocycles. The molecule has 0 aromatic carbocycles. The molecule has 3 aliphatic rings. The molecule has 18 atom stereocenters. The lowest BCUT2D eigenvalue weighted by Gasteiger charge is -2.53. The van der Waals surface area contributed by atoms with Crippen molar-refractivity contribution in [2.75, 3.05) is 27.7 Å². The number of aliphatic hydroxyl groups excluding tert-OH is 2. The van der Waals surface area contributed by atoms with E-state index in [9.17, 15) is 30.3 Å². The van der Waals surface area contributed by atoms with Crippen molar-refractivity contribution in [1.29, 1.82) is 0 Å². The van der Waals surface area contributed by atoms with Crippen molar-refractivity contribution in [2.45, 2.75) is 185 Å². The topological polar surface area (TPSA) is 202 Å². The number of nitrogens with zero attached hydrogens (tertiary/aromatic N) is 2. The zero-order valence-electron chi connectivity index (χ0n) is 36.4. The molecule has 0 amide bonds. The van der Waals surface area contributed by atoms with Crippen LogP contribution in [0.15, 0.2) is 24.5 Å². The Labute approximate surface area is 339 Å². The van der Waals surface area contributed by atoms with Crippen molar-refractivity contribution in [3.05, 3.63) is 30.1 Å². The number of nitrogens with one attached hydrogen (secondary N) is 1. The quantitative estimate of drug-likeness (QED) is 0.209. The molecule has 1 aromatic rings. The third-order valence-corrected chi connectivity index (χ3v) is 13.1. The second-order valence-electron chi connectivity index (χ2n) is 18.1. The van der Waals surface area contributed by atoms with Gasteiger partial charge in [0.1, 0.15) is 35.1 Å². The first-order valence-corrected chi connectivity index (χ1v) is 20.7. The largest absolute Gasteiger partial charge is 0.459 e. The first kappa shape index (κ1) is 47.8. The number of aliphatic hydroxyl groups is 5. The van der Waals surface area contributed by atoms with Gasteiger partial charge in [-0.2, -0.15) is 0 Å². The van der Waals surface area contributed by atoms with Crippen molar-refractivity contribution in [3.8, 4) is 0 Å². The third kappa shape index (κ3) is 10.0. The molecule has 0 bridgehead atoms. The highest BCUT2D eigenvalue weighted by Gasteiger charge is 2.59. The van der Waals surface area contributed by atoms with Crippen LogP contribution >= 0.6 is 0 Å². The highest BCUT2D eigenvalue weighted by atomic mass is 16.7. The molecule has 57 heavy (non-hydrogen) atoms.